The number of hydrogen-bond acceptors (Lipinski definition) is 4. The van der Waals surface area contributed by atoms with E-state index < -0.39 is 0 Å². The fourth-order valence-corrected chi connectivity index (χ4v) is 4.58. The third-order valence-electron chi connectivity index (χ3n) is 6.56. The van der Waals surface area contributed by atoms with E-state index in [1.807, 2.05) is 53.2 Å². The minimum absolute atomic E-state index is 0.101. The van der Waals surface area contributed by atoms with Crippen molar-refractivity contribution in [3.8, 4) is 5.75 Å². The van der Waals surface area contributed by atoms with Crippen molar-refractivity contribution in [2.75, 3.05) is 19.8 Å². The van der Waals surface area contributed by atoms with E-state index in [1.165, 1.54) is 11.1 Å². The van der Waals surface area contributed by atoms with Gasteiger partial charge in [-0.05, 0) is 55.2 Å². The number of ether oxygens (including phenoxy) is 2. The summed E-state index contributed by atoms with van der Waals surface area (Å²) in [5, 5.41) is 3.17. The summed E-state index contributed by atoms with van der Waals surface area (Å²) in [5.41, 5.74) is 4.62. The van der Waals surface area contributed by atoms with Crippen LogP contribution < -0.4 is 10.1 Å². The maximum atomic E-state index is 13.0. The number of fused-ring (bicyclic) bond motifs is 1. The monoisotopic (exact) mass is 455 g/mol. The predicted molar refractivity (Wildman–Crippen MR) is 131 cm³/mol. The van der Waals surface area contributed by atoms with Crippen molar-refractivity contribution in [3.05, 3.63) is 102 Å². The van der Waals surface area contributed by atoms with Crippen molar-refractivity contribution in [2.45, 2.75) is 31.8 Å². The van der Waals surface area contributed by atoms with Gasteiger partial charge in [-0.3, -0.25) is 4.79 Å². The number of carbonyl (C=O) groups excluding carboxylic acids is 1. The Bertz CT molecular complexity index is 1280. The number of carbonyl (C=O) groups is 1. The van der Waals surface area contributed by atoms with E-state index in [1.54, 1.807) is 6.07 Å². The molecule has 0 atom stereocenters. The Morgan fingerprint density at radius 1 is 1.06 bits per heavy atom. The molecule has 0 unspecified atom stereocenters. The number of imidazole rings is 1. The summed E-state index contributed by atoms with van der Waals surface area (Å²) in [7, 11) is 0. The Kier molecular flexibility index (Phi) is 6.32. The number of amides is 1. The van der Waals surface area contributed by atoms with Gasteiger partial charge in [-0.2, -0.15) is 0 Å². The van der Waals surface area contributed by atoms with Gasteiger partial charge in [0.05, 0.1) is 5.69 Å². The minimum atomic E-state index is -0.106. The Morgan fingerprint density at radius 3 is 2.71 bits per heavy atom. The van der Waals surface area contributed by atoms with Crippen molar-refractivity contribution >= 4 is 11.6 Å². The molecule has 0 bridgehead atoms. The first-order valence-corrected chi connectivity index (χ1v) is 11.7. The van der Waals surface area contributed by atoms with Gasteiger partial charge in [0.15, 0.2) is 0 Å². The summed E-state index contributed by atoms with van der Waals surface area (Å²) < 4.78 is 13.6. The molecule has 6 nitrogen and oxygen atoms in total. The number of benzene rings is 2. The summed E-state index contributed by atoms with van der Waals surface area (Å²) in [6, 6.07) is 21.8. The van der Waals surface area contributed by atoms with Crippen LogP contribution in [0.2, 0.25) is 0 Å². The molecule has 0 spiro atoms. The molecule has 0 aliphatic carbocycles. The van der Waals surface area contributed by atoms with Gasteiger partial charge in [0.1, 0.15) is 18.0 Å². The van der Waals surface area contributed by atoms with Crippen LogP contribution in [-0.2, 0) is 16.8 Å². The second-order valence-electron chi connectivity index (χ2n) is 8.96. The molecule has 1 aliphatic rings. The molecule has 1 saturated heterocycles. The predicted octanol–water partition coefficient (Wildman–Crippen LogP) is 4.70. The zero-order valence-electron chi connectivity index (χ0n) is 19.4. The van der Waals surface area contributed by atoms with Gasteiger partial charge < -0.3 is 19.2 Å². The van der Waals surface area contributed by atoms with Crippen molar-refractivity contribution in [2.24, 2.45) is 0 Å². The van der Waals surface area contributed by atoms with Crippen LogP contribution in [-0.4, -0.2) is 35.1 Å². The van der Waals surface area contributed by atoms with E-state index in [2.05, 4.69) is 41.5 Å². The first-order chi connectivity index (χ1) is 16.6. The molecule has 1 aliphatic heterocycles. The van der Waals surface area contributed by atoms with Crippen molar-refractivity contribution < 1.29 is 14.3 Å². The topological polar surface area (TPSA) is 64.9 Å². The lowest BCUT2D eigenvalue weighted by Crippen LogP contribution is -2.44. The Balaban J connectivity index is 1.24. The number of nitrogens with zero attached hydrogens (tertiary/aromatic N) is 2. The van der Waals surface area contributed by atoms with Gasteiger partial charge >= 0.3 is 0 Å². The standard InChI is InChI=1S/C28H29N3O3/c1-21-10-11-26-30-24(18-31(26)17-21)19-34-25-9-5-6-22(16-25)27(32)29-20-28(12-14-33-15-13-28)23-7-3-2-4-8-23/h2-11,16-18H,12-15,19-20H2,1H3,(H,29,32). The van der Waals surface area contributed by atoms with Crippen LogP contribution in [0.3, 0.4) is 0 Å². The van der Waals surface area contributed by atoms with Crippen LogP contribution in [0.25, 0.3) is 5.65 Å². The second-order valence-corrected chi connectivity index (χ2v) is 8.96. The highest BCUT2D eigenvalue weighted by molar-refractivity contribution is 5.94. The maximum Gasteiger partial charge on any atom is 0.251 e. The lowest BCUT2D eigenvalue weighted by atomic mass is 9.74. The van der Waals surface area contributed by atoms with E-state index in [9.17, 15) is 4.79 Å². The molecule has 3 heterocycles. The Hall–Kier alpha value is -3.64. The van der Waals surface area contributed by atoms with Crippen LogP contribution >= 0.6 is 0 Å². The number of pyridine rings is 1. The van der Waals surface area contributed by atoms with Gasteiger partial charge in [-0.25, -0.2) is 4.98 Å². The number of aromatic nitrogens is 2. The zero-order chi connectivity index (χ0) is 23.4. The Labute approximate surface area is 199 Å². The molecule has 1 amide bonds. The molecular formula is C28H29N3O3. The van der Waals surface area contributed by atoms with Crippen LogP contribution in [0.4, 0.5) is 0 Å². The van der Waals surface area contributed by atoms with Crippen molar-refractivity contribution in [1.82, 2.24) is 14.7 Å². The molecule has 5 rings (SSSR count). The highest BCUT2D eigenvalue weighted by Crippen LogP contribution is 2.34. The molecule has 2 aromatic carbocycles. The number of hydrogen-bond donors (Lipinski definition) is 1. The molecule has 1 fully saturated rings. The molecule has 2 aromatic heterocycles. The summed E-state index contributed by atoms with van der Waals surface area (Å²) in [4.78, 5) is 17.6. The maximum absolute atomic E-state index is 13.0. The summed E-state index contributed by atoms with van der Waals surface area (Å²) >= 11 is 0. The van der Waals surface area contributed by atoms with E-state index in [0.717, 1.165) is 24.2 Å². The second kappa shape index (κ2) is 9.69. The van der Waals surface area contributed by atoms with E-state index in [4.69, 9.17) is 9.47 Å². The Morgan fingerprint density at radius 2 is 1.88 bits per heavy atom. The first-order valence-electron chi connectivity index (χ1n) is 11.7. The van der Waals surface area contributed by atoms with Crippen LogP contribution in [0.1, 0.15) is 40.0 Å². The summed E-state index contributed by atoms with van der Waals surface area (Å²) in [6.45, 7) is 4.37. The van der Waals surface area contributed by atoms with E-state index in [-0.39, 0.29) is 11.3 Å². The minimum Gasteiger partial charge on any atom is -0.487 e. The van der Waals surface area contributed by atoms with E-state index in [0.29, 0.717) is 37.7 Å². The number of nitrogens with one attached hydrogen (secondary N) is 1. The first kappa shape index (κ1) is 22.2. The molecular weight excluding hydrogens is 426 g/mol. The van der Waals surface area contributed by atoms with Crippen molar-refractivity contribution in [3.63, 3.8) is 0 Å². The quantitative estimate of drug-likeness (QED) is 0.439. The zero-order valence-corrected chi connectivity index (χ0v) is 19.4. The molecule has 34 heavy (non-hydrogen) atoms. The van der Waals surface area contributed by atoms with Gasteiger partial charge in [0.2, 0.25) is 0 Å². The lowest BCUT2D eigenvalue weighted by Gasteiger charge is -2.38. The lowest BCUT2D eigenvalue weighted by molar-refractivity contribution is 0.0487. The molecule has 6 heteroatoms. The summed E-state index contributed by atoms with van der Waals surface area (Å²) in [5.74, 6) is 0.542. The highest BCUT2D eigenvalue weighted by atomic mass is 16.5. The van der Waals surface area contributed by atoms with Crippen molar-refractivity contribution in [1.29, 1.82) is 0 Å². The molecule has 1 N–H and O–H groups in total. The van der Waals surface area contributed by atoms with Gasteiger partial charge in [0, 0.05) is 43.1 Å². The van der Waals surface area contributed by atoms with Gasteiger partial charge in [0.25, 0.3) is 5.91 Å². The molecule has 4 aromatic rings. The smallest absolute Gasteiger partial charge is 0.251 e. The van der Waals surface area contributed by atoms with Gasteiger partial charge in [-0.15, -0.1) is 0 Å². The fraction of sp³-hybridized carbons (Fsp3) is 0.286. The van der Waals surface area contributed by atoms with Crippen LogP contribution in [0.5, 0.6) is 5.75 Å². The third kappa shape index (κ3) is 4.82. The number of rotatable bonds is 7. The number of aryl methyl sites for hydroxylation is 1. The average Bonchev–Trinajstić information content (AvgIpc) is 3.29. The average molecular weight is 456 g/mol. The molecule has 0 saturated carbocycles. The van der Waals surface area contributed by atoms with Gasteiger partial charge in [-0.1, -0.05) is 42.5 Å². The normalized spacial score (nSPS) is 15.2. The summed E-state index contributed by atoms with van der Waals surface area (Å²) in [6.07, 6.45) is 5.78. The van der Waals surface area contributed by atoms with E-state index >= 15 is 0 Å². The molecule has 0 radical (unpaired) electrons. The molecule has 174 valence electrons. The SMILES string of the molecule is Cc1ccc2nc(COc3cccc(C(=O)NCC4(c5ccccc5)CCOCC4)c3)cn2c1. The van der Waals surface area contributed by atoms with Crippen LogP contribution in [0.15, 0.2) is 79.1 Å². The highest BCUT2D eigenvalue weighted by Gasteiger charge is 2.34. The fourth-order valence-electron chi connectivity index (χ4n) is 4.58. The third-order valence-corrected chi connectivity index (χ3v) is 6.56. The van der Waals surface area contributed by atoms with Crippen LogP contribution in [0, 0.1) is 6.92 Å². The largest absolute Gasteiger partial charge is 0.487 e.